The van der Waals surface area contributed by atoms with Crippen molar-refractivity contribution < 1.29 is 4.92 Å². The molecule has 0 unspecified atom stereocenters. The van der Waals surface area contributed by atoms with Crippen LogP contribution < -0.4 is 0 Å². The molecule has 0 saturated heterocycles. The van der Waals surface area contributed by atoms with E-state index in [2.05, 4.69) is 26.0 Å². The zero-order chi connectivity index (χ0) is 15.5. The van der Waals surface area contributed by atoms with Gasteiger partial charge in [-0.1, -0.05) is 22.0 Å². The normalized spacial score (nSPS) is 10.6. The highest BCUT2D eigenvalue weighted by atomic mass is 79.9. The summed E-state index contributed by atoms with van der Waals surface area (Å²) in [5, 5.41) is 15.6. The number of aromatic nitrogens is 3. The Kier molecular flexibility index (Phi) is 3.97. The summed E-state index contributed by atoms with van der Waals surface area (Å²) in [6.45, 7) is 0.565. The molecule has 0 N–H and O–H groups in total. The second kappa shape index (κ2) is 6.07. The first kappa shape index (κ1) is 14.4. The molecule has 0 radical (unpaired) electrons. The predicted octanol–water partition coefficient (Wildman–Crippen LogP) is 3.66. The summed E-state index contributed by atoms with van der Waals surface area (Å²) in [6, 6.07) is 10.4. The molecule has 7 heteroatoms. The molecule has 1 aromatic carbocycles. The molecule has 3 aromatic rings. The van der Waals surface area contributed by atoms with Crippen LogP contribution in [0, 0.1) is 10.1 Å². The summed E-state index contributed by atoms with van der Waals surface area (Å²) in [4.78, 5) is 14.8. The Morgan fingerprint density at radius 1 is 1.27 bits per heavy atom. The Labute approximate surface area is 134 Å². The quantitative estimate of drug-likeness (QED) is 0.526. The Bertz CT molecular complexity index is 817. The van der Waals surface area contributed by atoms with Gasteiger partial charge in [0.2, 0.25) is 0 Å². The molecule has 0 aliphatic carbocycles. The van der Waals surface area contributed by atoms with E-state index in [0.29, 0.717) is 17.8 Å². The van der Waals surface area contributed by atoms with Crippen LogP contribution in [-0.4, -0.2) is 19.7 Å². The third-order valence-corrected chi connectivity index (χ3v) is 3.63. The standard InChI is InChI=1S/C15H11BrN4O2/c16-12-3-4-15(20(21)22)13(8-12)14-5-7-19(18-14)10-11-2-1-6-17-9-11/h1-9H,10H2. The molecule has 3 rings (SSSR count). The highest BCUT2D eigenvalue weighted by Gasteiger charge is 2.17. The van der Waals surface area contributed by atoms with Crippen molar-refractivity contribution in [3.8, 4) is 11.3 Å². The van der Waals surface area contributed by atoms with Crippen molar-refractivity contribution >= 4 is 21.6 Å². The molecular formula is C15H11BrN4O2. The minimum Gasteiger partial charge on any atom is -0.268 e. The molecule has 2 heterocycles. The third kappa shape index (κ3) is 3.04. The van der Waals surface area contributed by atoms with Crippen LogP contribution in [-0.2, 0) is 6.54 Å². The van der Waals surface area contributed by atoms with E-state index in [-0.39, 0.29) is 5.69 Å². The molecule has 0 aliphatic heterocycles. The van der Waals surface area contributed by atoms with Crippen LogP contribution in [0.25, 0.3) is 11.3 Å². The number of hydrogen-bond acceptors (Lipinski definition) is 4. The van der Waals surface area contributed by atoms with Gasteiger partial charge >= 0.3 is 0 Å². The van der Waals surface area contributed by atoms with Crippen molar-refractivity contribution in [2.45, 2.75) is 6.54 Å². The van der Waals surface area contributed by atoms with Gasteiger partial charge in [0.15, 0.2) is 0 Å². The lowest BCUT2D eigenvalue weighted by atomic mass is 10.1. The largest absolute Gasteiger partial charge is 0.278 e. The highest BCUT2D eigenvalue weighted by molar-refractivity contribution is 9.10. The second-order valence-electron chi connectivity index (χ2n) is 4.68. The molecule has 0 bridgehead atoms. The summed E-state index contributed by atoms with van der Waals surface area (Å²) in [5.74, 6) is 0. The summed E-state index contributed by atoms with van der Waals surface area (Å²) >= 11 is 3.34. The maximum absolute atomic E-state index is 11.2. The maximum Gasteiger partial charge on any atom is 0.278 e. The number of nitro benzene ring substituents is 1. The van der Waals surface area contributed by atoms with Crippen LogP contribution in [0.1, 0.15) is 5.56 Å². The number of nitro groups is 1. The van der Waals surface area contributed by atoms with Crippen molar-refractivity contribution in [3.63, 3.8) is 0 Å². The number of benzene rings is 1. The first-order chi connectivity index (χ1) is 10.6. The van der Waals surface area contributed by atoms with Gasteiger partial charge in [-0.2, -0.15) is 5.10 Å². The fraction of sp³-hybridized carbons (Fsp3) is 0.0667. The van der Waals surface area contributed by atoms with E-state index in [1.807, 2.05) is 12.1 Å². The molecular weight excluding hydrogens is 348 g/mol. The zero-order valence-electron chi connectivity index (χ0n) is 11.4. The molecule has 6 nitrogen and oxygen atoms in total. The van der Waals surface area contributed by atoms with Gasteiger partial charge in [-0.3, -0.25) is 19.8 Å². The molecule has 0 fully saturated rings. The summed E-state index contributed by atoms with van der Waals surface area (Å²) in [7, 11) is 0. The molecule has 0 spiro atoms. The first-order valence-electron chi connectivity index (χ1n) is 6.50. The smallest absolute Gasteiger partial charge is 0.268 e. The average molecular weight is 359 g/mol. The van der Waals surface area contributed by atoms with E-state index in [1.165, 1.54) is 6.07 Å². The van der Waals surface area contributed by atoms with Crippen molar-refractivity contribution in [3.05, 3.63) is 75.1 Å². The topological polar surface area (TPSA) is 73.8 Å². The highest BCUT2D eigenvalue weighted by Crippen LogP contribution is 2.31. The van der Waals surface area contributed by atoms with Crippen molar-refractivity contribution in [2.24, 2.45) is 0 Å². The molecule has 110 valence electrons. The molecule has 22 heavy (non-hydrogen) atoms. The third-order valence-electron chi connectivity index (χ3n) is 3.14. The van der Waals surface area contributed by atoms with Gasteiger partial charge < -0.3 is 0 Å². The van der Waals surface area contributed by atoms with Crippen molar-refractivity contribution in [2.75, 3.05) is 0 Å². The lowest BCUT2D eigenvalue weighted by molar-refractivity contribution is -0.384. The van der Waals surface area contributed by atoms with Gasteiger partial charge in [0.1, 0.15) is 0 Å². The van der Waals surface area contributed by atoms with E-state index in [1.54, 1.807) is 41.5 Å². The SMILES string of the molecule is O=[N+]([O-])c1ccc(Br)cc1-c1ccn(Cc2cccnc2)n1. The van der Waals surface area contributed by atoms with Crippen LogP contribution in [0.4, 0.5) is 5.69 Å². The van der Waals surface area contributed by atoms with Crippen molar-refractivity contribution in [1.82, 2.24) is 14.8 Å². The summed E-state index contributed by atoms with van der Waals surface area (Å²) in [5.41, 5.74) is 2.11. The minimum absolute atomic E-state index is 0.0369. The number of pyridine rings is 1. The predicted molar refractivity (Wildman–Crippen MR) is 85.4 cm³/mol. The van der Waals surface area contributed by atoms with Gasteiger partial charge in [-0.25, -0.2) is 0 Å². The van der Waals surface area contributed by atoms with Crippen LogP contribution in [0.15, 0.2) is 59.5 Å². The molecule has 2 aromatic heterocycles. The number of nitrogens with zero attached hydrogens (tertiary/aromatic N) is 4. The number of hydrogen-bond donors (Lipinski definition) is 0. The summed E-state index contributed by atoms with van der Waals surface area (Å²) in [6.07, 6.45) is 5.28. The van der Waals surface area contributed by atoms with E-state index in [9.17, 15) is 10.1 Å². The minimum atomic E-state index is -0.401. The Hall–Kier alpha value is -2.54. The van der Waals surface area contributed by atoms with E-state index in [4.69, 9.17) is 0 Å². The van der Waals surface area contributed by atoms with Crippen molar-refractivity contribution in [1.29, 1.82) is 0 Å². The monoisotopic (exact) mass is 358 g/mol. The van der Waals surface area contributed by atoms with Gasteiger partial charge in [-0.15, -0.1) is 0 Å². The number of halogens is 1. The van der Waals surface area contributed by atoms with Gasteiger partial charge in [0.05, 0.1) is 22.7 Å². The maximum atomic E-state index is 11.2. The fourth-order valence-corrected chi connectivity index (χ4v) is 2.51. The first-order valence-corrected chi connectivity index (χ1v) is 7.29. The number of rotatable bonds is 4. The second-order valence-corrected chi connectivity index (χ2v) is 5.59. The summed E-state index contributed by atoms with van der Waals surface area (Å²) < 4.78 is 2.51. The van der Waals surface area contributed by atoms with Crippen LogP contribution in [0.2, 0.25) is 0 Å². The van der Waals surface area contributed by atoms with Crippen LogP contribution in [0.3, 0.4) is 0 Å². The van der Waals surface area contributed by atoms with Crippen LogP contribution in [0.5, 0.6) is 0 Å². The lowest BCUT2D eigenvalue weighted by Gasteiger charge is -2.02. The zero-order valence-corrected chi connectivity index (χ0v) is 13.0. The van der Waals surface area contributed by atoms with Gasteiger partial charge in [0.25, 0.3) is 5.69 Å². The Morgan fingerprint density at radius 3 is 2.86 bits per heavy atom. The molecule has 0 saturated carbocycles. The molecule has 0 amide bonds. The van der Waals surface area contributed by atoms with Crippen LogP contribution >= 0.6 is 15.9 Å². The van der Waals surface area contributed by atoms with E-state index < -0.39 is 4.92 Å². The Morgan fingerprint density at radius 2 is 2.14 bits per heavy atom. The van der Waals surface area contributed by atoms with Gasteiger partial charge in [0, 0.05) is 29.1 Å². The molecule has 0 aliphatic rings. The lowest BCUT2D eigenvalue weighted by Crippen LogP contribution is -2.01. The van der Waals surface area contributed by atoms with E-state index >= 15 is 0 Å². The fourth-order valence-electron chi connectivity index (χ4n) is 2.14. The average Bonchev–Trinajstić information content (AvgIpc) is 2.96. The molecule has 0 atom stereocenters. The Balaban J connectivity index is 1.94. The van der Waals surface area contributed by atoms with Gasteiger partial charge in [-0.05, 0) is 29.8 Å². The van der Waals surface area contributed by atoms with E-state index in [0.717, 1.165) is 10.0 Å².